The van der Waals surface area contributed by atoms with Crippen molar-refractivity contribution in [3.05, 3.63) is 54.6 Å². The highest BCUT2D eigenvalue weighted by atomic mass is 16.5. The van der Waals surface area contributed by atoms with Crippen LogP contribution < -0.4 is 10.1 Å². The zero-order chi connectivity index (χ0) is 15.8. The van der Waals surface area contributed by atoms with E-state index >= 15 is 0 Å². The number of amides is 1. The summed E-state index contributed by atoms with van der Waals surface area (Å²) in [6.45, 7) is 2.20. The molecule has 0 radical (unpaired) electrons. The van der Waals surface area contributed by atoms with Gasteiger partial charge in [-0.3, -0.25) is 4.79 Å². The molecule has 0 aromatic heterocycles. The van der Waals surface area contributed by atoms with Crippen LogP contribution in [0.1, 0.15) is 13.3 Å². The molecule has 0 spiro atoms. The fourth-order valence-electron chi connectivity index (χ4n) is 2.05. The highest BCUT2D eigenvalue weighted by Crippen LogP contribution is 2.29. The van der Waals surface area contributed by atoms with E-state index in [0.29, 0.717) is 6.61 Å². The van der Waals surface area contributed by atoms with Gasteiger partial charge < -0.3 is 15.2 Å². The molecule has 116 valence electrons. The fourth-order valence-corrected chi connectivity index (χ4v) is 2.05. The monoisotopic (exact) mass is 299 g/mol. The van der Waals surface area contributed by atoms with Gasteiger partial charge in [-0.15, -0.1) is 0 Å². The van der Waals surface area contributed by atoms with Gasteiger partial charge >= 0.3 is 0 Å². The molecule has 1 unspecified atom stereocenters. The Bertz CT molecular complexity index is 596. The molecule has 0 aliphatic heterocycles. The Balaban J connectivity index is 1.92. The van der Waals surface area contributed by atoms with Gasteiger partial charge in [-0.25, -0.2) is 0 Å². The molecular weight excluding hydrogens is 278 g/mol. The van der Waals surface area contributed by atoms with E-state index in [4.69, 9.17) is 9.84 Å². The summed E-state index contributed by atoms with van der Waals surface area (Å²) in [5, 5.41) is 11.8. The van der Waals surface area contributed by atoms with E-state index < -0.39 is 6.10 Å². The van der Waals surface area contributed by atoms with Crippen LogP contribution in [0, 0.1) is 0 Å². The molecule has 1 amide bonds. The summed E-state index contributed by atoms with van der Waals surface area (Å²) in [6, 6.07) is 17.8. The number of rotatable bonds is 7. The van der Waals surface area contributed by atoms with Gasteiger partial charge in [-0.2, -0.15) is 0 Å². The average Bonchev–Trinajstić information content (AvgIpc) is 2.54. The Hall–Kier alpha value is -2.33. The van der Waals surface area contributed by atoms with Crippen molar-refractivity contribution in [1.82, 2.24) is 5.32 Å². The predicted octanol–water partition coefficient (Wildman–Crippen LogP) is 2.62. The third kappa shape index (κ3) is 4.90. The minimum Gasteiger partial charge on any atom is -0.492 e. The molecule has 0 fully saturated rings. The fraction of sp³-hybridized carbons (Fsp3) is 0.278. The lowest BCUT2D eigenvalue weighted by atomic mass is 10.1. The van der Waals surface area contributed by atoms with Gasteiger partial charge in [-0.05, 0) is 18.6 Å². The molecule has 0 saturated heterocycles. The van der Waals surface area contributed by atoms with Crippen LogP contribution in [0.25, 0.3) is 11.1 Å². The van der Waals surface area contributed by atoms with E-state index in [-0.39, 0.29) is 18.9 Å². The normalized spacial score (nSPS) is 11.7. The molecule has 0 aliphatic carbocycles. The summed E-state index contributed by atoms with van der Waals surface area (Å²) in [5.74, 6) is 0.634. The maximum Gasteiger partial charge on any atom is 0.223 e. The second-order valence-corrected chi connectivity index (χ2v) is 5.11. The van der Waals surface area contributed by atoms with E-state index in [0.717, 1.165) is 16.9 Å². The molecule has 0 saturated carbocycles. The third-order valence-electron chi connectivity index (χ3n) is 3.15. The maximum absolute atomic E-state index is 11.6. The second-order valence-electron chi connectivity index (χ2n) is 5.11. The van der Waals surface area contributed by atoms with Gasteiger partial charge in [-0.1, -0.05) is 48.5 Å². The number of aliphatic hydroxyl groups excluding tert-OH is 1. The second kappa shape index (κ2) is 8.20. The molecular formula is C18H21NO3. The average molecular weight is 299 g/mol. The first-order valence-corrected chi connectivity index (χ1v) is 7.39. The summed E-state index contributed by atoms with van der Waals surface area (Å²) in [5.41, 5.74) is 2.09. The Labute approximate surface area is 130 Å². The maximum atomic E-state index is 11.6. The van der Waals surface area contributed by atoms with Crippen molar-refractivity contribution in [1.29, 1.82) is 0 Å². The van der Waals surface area contributed by atoms with Crippen LogP contribution in [0.15, 0.2) is 54.6 Å². The van der Waals surface area contributed by atoms with E-state index in [1.807, 2.05) is 54.6 Å². The quantitative estimate of drug-likeness (QED) is 0.826. The van der Waals surface area contributed by atoms with Crippen LogP contribution in [0.5, 0.6) is 5.75 Å². The number of carbonyl (C=O) groups excluding carboxylic acids is 1. The minimum absolute atomic E-state index is 0.127. The van der Waals surface area contributed by atoms with Crippen molar-refractivity contribution in [2.45, 2.75) is 19.4 Å². The van der Waals surface area contributed by atoms with Gasteiger partial charge in [0.15, 0.2) is 0 Å². The SMILES string of the molecule is CC(O)CNC(=O)CCOc1ccccc1-c1ccccc1. The van der Waals surface area contributed by atoms with Crippen LogP contribution >= 0.6 is 0 Å². The highest BCUT2D eigenvalue weighted by molar-refractivity contribution is 5.76. The number of benzene rings is 2. The first-order valence-electron chi connectivity index (χ1n) is 7.39. The molecule has 0 aliphatic rings. The Kier molecular flexibility index (Phi) is 5.98. The topological polar surface area (TPSA) is 58.6 Å². The summed E-state index contributed by atoms with van der Waals surface area (Å²) >= 11 is 0. The van der Waals surface area contributed by atoms with Crippen LogP contribution in [0.3, 0.4) is 0 Å². The van der Waals surface area contributed by atoms with Gasteiger partial charge in [0.1, 0.15) is 5.75 Å². The minimum atomic E-state index is -0.538. The van der Waals surface area contributed by atoms with Crippen molar-refractivity contribution in [3.63, 3.8) is 0 Å². The highest BCUT2D eigenvalue weighted by Gasteiger charge is 2.07. The number of carbonyl (C=O) groups is 1. The number of nitrogens with one attached hydrogen (secondary N) is 1. The zero-order valence-corrected chi connectivity index (χ0v) is 12.7. The predicted molar refractivity (Wildman–Crippen MR) is 86.7 cm³/mol. The lowest BCUT2D eigenvalue weighted by Crippen LogP contribution is -2.31. The molecule has 2 aromatic rings. The number of hydrogen-bond donors (Lipinski definition) is 2. The van der Waals surface area contributed by atoms with E-state index in [1.54, 1.807) is 6.92 Å². The van der Waals surface area contributed by atoms with Gasteiger partial charge in [0, 0.05) is 12.1 Å². The lowest BCUT2D eigenvalue weighted by Gasteiger charge is -2.12. The number of para-hydroxylation sites is 1. The zero-order valence-electron chi connectivity index (χ0n) is 12.7. The number of ether oxygens (including phenoxy) is 1. The van der Waals surface area contributed by atoms with Gasteiger partial charge in [0.2, 0.25) is 5.91 Å². The molecule has 0 heterocycles. The third-order valence-corrected chi connectivity index (χ3v) is 3.15. The first kappa shape index (κ1) is 16.0. The van der Waals surface area contributed by atoms with Crippen molar-refractivity contribution in [2.24, 2.45) is 0 Å². The summed E-state index contributed by atoms with van der Waals surface area (Å²) < 4.78 is 5.75. The van der Waals surface area contributed by atoms with E-state index in [2.05, 4.69) is 5.32 Å². The standard InChI is InChI=1S/C18H21NO3/c1-14(20)13-19-18(21)11-12-22-17-10-6-5-9-16(17)15-7-3-2-4-8-15/h2-10,14,20H,11-13H2,1H3,(H,19,21). The van der Waals surface area contributed by atoms with Crippen molar-refractivity contribution >= 4 is 5.91 Å². The molecule has 2 aromatic carbocycles. The van der Waals surface area contributed by atoms with Crippen molar-refractivity contribution in [3.8, 4) is 16.9 Å². The van der Waals surface area contributed by atoms with E-state index in [9.17, 15) is 4.79 Å². The Morgan fingerprint density at radius 1 is 1.14 bits per heavy atom. The van der Waals surface area contributed by atoms with Crippen molar-refractivity contribution < 1.29 is 14.6 Å². The van der Waals surface area contributed by atoms with Gasteiger partial charge in [0.05, 0.1) is 19.1 Å². The van der Waals surface area contributed by atoms with Crippen LogP contribution in [-0.4, -0.2) is 30.3 Å². The van der Waals surface area contributed by atoms with E-state index in [1.165, 1.54) is 0 Å². The molecule has 0 bridgehead atoms. The molecule has 2 N–H and O–H groups in total. The van der Waals surface area contributed by atoms with Crippen molar-refractivity contribution in [2.75, 3.05) is 13.2 Å². The summed E-state index contributed by atoms with van der Waals surface area (Å²) in [6.07, 6.45) is -0.278. The van der Waals surface area contributed by atoms with Crippen LogP contribution in [-0.2, 0) is 4.79 Å². The largest absolute Gasteiger partial charge is 0.492 e. The number of hydrogen-bond acceptors (Lipinski definition) is 3. The molecule has 4 nitrogen and oxygen atoms in total. The molecule has 4 heteroatoms. The Morgan fingerprint density at radius 3 is 2.55 bits per heavy atom. The molecule has 1 atom stereocenters. The lowest BCUT2D eigenvalue weighted by molar-refractivity contribution is -0.122. The summed E-state index contributed by atoms with van der Waals surface area (Å²) in [4.78, 5) is 11.6. The van der Waals surface area contributed by atoms with Crippen LogP contribution in [0.2, 0.25) is 0 Å². The molecule has 2 rings (SSSR count). The number of aliphatic hydroxyl groups is 1. The molecule has 22 heavy (non-hydrogen) atoms. The Morgan fingerprint density at radius 2 is 1.82 bits per heavy atom. The smallest absolute Gasteiger partial charge is 0.223 e. The van der Waals surface area contributed by atoms with Crippen LogP contribution in [0.4, 0.5) is 0 Å². The summed E-state index contributed by atoms with van der Waals surface area (Å²) in [7, 11) is 0. The van der Waals surface area contributed by atoms with Gasteiger partial charge in [0.25, 0.3) is 0 Å². The first-order chi connectivity index (χ1) is 10.7.